The Bertz CT molecular complexity index is 3090. The van der Waals surface area contributed by atoms with E-state index in [1.807, 2.05) is 6.07 Å². The van der Waals surface area contributed by atoms with E-state index in [2.05, 4.69) is 78.8 Å². The van der Waals surface area contributed by atoms with Crippen molar-refractivity contribution < 1.29 is 27.7 Å². The maximum Gasteiger partial charge on any atom is 0.166 e. The van der Waals surface area contributed by atoms with Crippen LogP contribution in [-0.4, -0.2) is 73.9 Å². The van der Waals surface area contributed by atoms with Crippen molar-refractivity contribution >= 4 is 103 Å². The average molecular weight is 1060 g/mol. The molecule has 368 valence electrons. The molecule has 0 aliphatic carbocycles. The SMILES string of the molecule is CCl.COc1cc2ncc(C#N)c(Nc3ccc(Cl)c(Cl)c3F)c2cc1OC1CCN(Cc2ccccc2)CC1.COc1cc2ncc(C#N)c(Nc3ccc(Cl)c(Cl)c3F)c2cc1OC1CCNCC1. The molecule has 0 bridgehead atoms. The number of fused-ring (bicyclic) bond motifs is 2. The monoisotopic (exact) mass is 1060 g/mol. The third-order valence-electron chi connectivity index (χ3n) is 11.8. The van der Waals surface area contributed by atoms with Gasteiger partial charge in [-0.3, -0.25) is 14.9 Å². The van der Waals surface area contributed by atoms with E-state index in [4.69, 9.17) is 65.4 Å². The van der Waals surface area contributed by atoms with Crippen LogP contribution in [0.25, 0.3) is 21.8 Å². The van der Waals surface area contributed by atoms with Crippen LogP contribution in [0.2, 0.25) is 20.1 Å². The van der Waals surface area contributed by atoms with Gasteiger partial charge in [0.15, 0.2) is 34.6 Å². The largest absolute Gasteiger partial charge is 0.493 e. The number of piperidine rings is 2. The minimum absolute atomic E-state index is 0.00408. The number of pyridine rings is 2. The first-order valence-electron chi connectivity index (χ1n) is 22.3. The number of hydrogen-bond donors (Lipinski definition) is 3. The lowest BCUT2D eigenvalue weighted by atomic mass is 10.1. The van der Waals surface area contributed by atoms with Gasteiger partial charge in [-0.05, 0) is 80.7 Å². The van der Waals surface area contributed by atoms with E-state index in [1.165, 1.54) is 48.6 Å². The summed E-state index contributed by atoms with van der Waals surface area (Å²) < 4.78 is 53.2. The van der Waals surface area contributed by atoms with Gasteiger partial charge in [0, 0.05) is 61.3 Å². The second kappa shape index (κ2) is 24.9. The number of methoxy groups -OCH3 is 2. The summed E-state index contributed by atoms with van der Waals surface area (Å²) in [5, 5.41) is 29.7. The van der Waals surface area contributed by atoms with Gasteiger partial charge in [-0.1, -0.05) is 76.7 Å². The molecule has 0 unspecified atom stereocenters. The van der Waals surface area contributed by atoms with Gasteiger partial charge in [-0.2, -0.15) is 10.5 Å². The number of rotatable bonds is 12. The molecule has 71 heavy (non-hydrogen) atoms. The fourth-order valence-corrected chi connectivity index (χ4v) is 8.78. The van der Waals surface area contributed by atoms with Crippen molar-refractivity contribution in [3.8, 4) is 35.1 Å². The summed E-state index contributed by atoms with van der Waals surface area (Å²) >= 11 is 28.4. The first-order valence-corrected chi connectivity index (χ1v) is 24.6. The van der Waals surface area contributed by atoms with E-state index in [0.29, 0.717) is 56.2 Å². The van der Waals surface area contributed by atoms with Crippen LogP contribution in [0.4, 0.5) is 31.5 Å². The van der Waals surface area contributed by atoms with Crippen molar-refractivity contribution in [3.63, 3.8) is 0 Å². The maximum absolute atomic E-state index is 14.8. The van der Waals surface area contributed by atoms with E-state index in [-0.39, 0.29) is 54.8 Å². The molecule has 0 saturated carbocycles. The number of halogens is 7. The lowest BCUT2D eigenvalue weighted by molar-refractivity contribution is 0.0945. The third kappa shape index (κ3) is 12.5. The number of nitrogens with one attached hydrogen (secondary N) is 3. The normalized spacial score (nSPS) is 14.0. The number of benzene rings is 5. The van der Waals surface area contributed by atoms with Crippen LogP contribution in [0, 0.1) is 34.3 Å². The minimum atomic E-state index is -0.708. The van der Waals surface area contributed by atoms with Gasteiger partial charge in [0.25, 0.3) is 0 Å². The Kier molecular flexibility index (Phi) is 18.5. The van der Waals surface area contributed by atoms with Crippen LogP contribution in [0.5, 0.6) is 23.0 Å². The van der Waals surface area contributed by atoms with Crippen molar-refractivity contribution in [1.29, 1.82) is 10.5 Å². The fraction of sp³-hybridized carbons (Fsp3) is 0.269. The van der Waals surface area contributed by atoms with Gasteiger partial charge in [-0.15, -0.1) is 11.6 Å². The Labute approximate surface area is 435 Å². The van der Waals surface area contributed by atoms with Crippen LogP contribution in [0.1, 0.15) is 42.4 Å². The molecule has 2 aliphatic heterocycles. The molecule has 4 heterocycles. The van der Waals surface area contributed by atoms with Gasteiger partial charge < -0.3 is 34.9 Å². The highest BCUT2D eigenvalue weighted by Gasteiger charge is 2.25. The molecule has 9 rings (SSSR count). The lowest BCUT2D eigenvalue weighted by Crippen LogP contribution is -2.37. The zero-order valence-corrected chi connectivity index (χ0v) is 42.5. The summed E-state index contributed by atoms with van der Waals surface area (Å²) in [6, 6.07) is 27.6. The molecule has 2 saturated heterocycles. The Balaban J connectivity index is 0.000000206. The number of nitrogens with zero attached hydrogens (tertiary/aromatic N) is 5. The number of aromatic nitrogens is 2. The van der Waals surface area contributed by atoms with Crippen LogP contribution < -0.4 is 34.9 Å². The summed E-state index contributed by atoms with van der Waals surface area (Å²) in [4.78, 5) is 11.2. The maximum atomic E-state index is 14.8. The molecule has 0 atom stereocenters. The van der Waals surface area contributed by atoms with Crippen molar-refractivity contribution in [3.05, 3.63) is 140 Å². The van der Waals surface area contributed by atoms with Gasteiger partial charge in [-0.25, -0.2) is 8.78 Å². The second-order valence-corrected chi connectivity index (χ2v) is 17.8. The third-order valence-corrected chi connectivity index (χ3v) is 13.4. The van der Waals surface area contributed by atoms with Gasteiger partial charge in [0.05, 0.1) is 79.2 Å². The summed E-state index contributed by atoms with van der Waals surface area (Å²) in [5.41, 5.74) is 3.88. The number of ether oxygens (including phenoxy) is 4. The second-order valence-electron chi connectivity index (χ2n) is 16.2. The Morgan fingerprint density at radius 1 is 0.648 bits per heavy atom. The van der Waals surface area contributed by atoms with Crippen LogP contribution in [-0.2, 0) is 6.54 Å². The molecule has 12 nitrogen and oxygen atoms in total. The first-order chi connectivity index (χ1) is 34.5. The summed E-state index contributed by atoms with van der Waals surface area (Å²) in [6.07, 6.45) is 7.85. The van der Waals surface area contributed by atoms with Crippen molar-refractivity contribution in [2.45, 2.75) is 44.4 Å². The van der Waals surface area contributed by atoms with Crippen molar-refractivity contribution in [2.75, 3.05) is 57.4 Å². The topological polar surface area (TPSA) is 150 Å². The number of likely N-dealkylation sites (tertiary alicyclic amines) is 1. The van der Waals surface area contributed by atoms with E-state index < -0.39 is 11.6 Å². The smallest absolute Gasteiger partial charge is 0.166 e. The van der Waals surface area contributed by atoms with E-state index in [9.17, 15) is 19.3 Å². The zero-order valence-electron chi connectivity index (χ0n) is 38.7. The molecule has 0 radical (unpaired) electrons. The Morgan fingerprint density at radius 2 is 1.10 bits per heavy atom. The summed E-state index contributed by atoms with van der Waals surface area (Å²) in [5.74, 6) is 0.735. The zero-order chi connectivity index (χ0) is 50.6. The van der Waals surface area contributed by atoms with Crippen molar-refractivity contribution in [1.82, 2.24) is 20.2 Å². The summed E-state index contributed by atoms with van der Waals surface area (Å²) in [7, 11) is 3.13. The van der Waals surface area contributed by atoms with E-state index >= 15 is 0 Å². The first kappa shape index (κ1) is 52.7. The van der Waals surface area contributed by atoms with Gasteiger partial charge in [0.1, 0.15) is 24.3 Å². The standard InChI is InChI=1S/C29H25Cl2FN4O2.C22H19Cl2FN4O2.CH3Cl/c1-37-25-14-24-21(29(19(15-33)16-34-24)35-23-8-7-22(30)27(31)28(23)32)13-26(25)38-20-9-11-36(12-10-20)17-18-5-3-2-4-6-18;1-30-18-9-17-14(8-19(18)31-13-4-6-27-7-5-13)22(12(10-26)11-28-17)29-16-3-2-15(23)20(24)21(16)25;1-2/h2-8,13-14,16,20H,9-12,17H2,1H3,(H,34,35);2-3,8-9,11,13,27H,4-7H2,1H3,(H,28,29);1H3. The number of hydrogen-bond acceptors (Lipinski definition) is 12. The molecule has 0 amide bonds. The molecule has 5 aromatic carbocycles. The number of nitriles is 2. The summed E-state index contributed by atoms with van der Waals surface area (Å²) in [6.45, 7) is 4.50. The van der Waals surface area contributed by atoms with Crippen LogP contribution >= 0.6 is 58.0 Å². The molecule has 0 spiro atoms. The highest BCUT2D eigenvalue weighted by molar-refractivity contribution is 6.42. The Hall–Kier alpha value is -6.07. The number of alkyl halides is 1. The van der Waals surface area contributed by atoms with Gasteiger partial charge >= 0.3 is 0 Å². The van der Waals surface area contributed by atoms with E-state index in [1.54, 1.807) is 38.5 Å². The van der Waals surface area contributed by atoms with E-state index in [0.717, 1.165) is 58.4 Å². The van der Waals surface area contributed by atoms with Gasteiger partial charge in [0.2, 0.25) is 0 Å². The lowest BCUT2D eigenvalue weighted by Gasteiger charge is -2.32. The molecule has 2 fully saturated rings. The molecule has 19 heteroatoms. The minimum Gasteiger partial charge on any atom is -0.493 e. The molecular weight excluding hydrogens is 1020 g/mol. The van der Waals surface area contributed by atoms with Crippen LogP contribution in [0.3, 0.4) is 0 Å². The fourth-order valence-electron chi connectivity index (χ4n) is 8.16. The predicted molar refractivity (Wildman–Crippen MR) is 279 cm³/mol. The van der Waals surface area contributed by atoms with Crippen LogP contribution in [0.15, 0.2) is 91.3 Å². The Morgan fingerprint density at radius 3 is 1.54 bits per heavy atom. The molecule has 3 N–H and O–H groups in total. The molecule has 2 aromatic heterocycles. The highest BCUT2D eigenvalue weighted by Crippen LogP contribution is 2.42. The van der Waals surface area contributed by atoms with Crippen molar-refractivity contribution in [2.24, 2.45) is 0 Å². The molecule has 2 aliphatic rings. The predicted octanol–water partition coefficient (Wildman–Crippen LogP) is 13.6. The molecular formula is C52H47Cl5F2N8O4. The quantitative estimate of drug-likeness (QED) is 0.0790. The average Bonchev–Trinajstić information content (AvgIpc) is 3.40. The highest BCUT2D eigenvalue weighted by atomic mass is 35.5. The molecule has 7 aromatic rings. The number of anilines is 4.